The van der Waals surface area contributed by atoms with E-state index in [0.717, 1.165) is 22.3 Å². The minimum atomic E-state index is -4.56. The Labute approximate surface area is 122 Å². The van der Waals surface area contributed by atoms with Gasteiger partial charge in [-0.05, 0) is 12.0 Å². The summed E-state index contributed by atoms with van der Waals surface area (Å²) in [5, 5.41) is 12.0. The van der Waals surface area contributed by atoms with E-state index in [1.807, 2.05) is 0 Å². The van der Waals surface area contributed by atoms with E-state index in [-0.39, 0.29) is 16.5 Å². The molecule has 2 rings (SSSR count). The second-order valence-corrected chi connectivity index (χ2v) is 5.84. The van der Waals surface area contributed by atoms with E-state index in [2.05, 4.69) is 10.1 Å². The number of nitrogens with zero attached hydrogens (tertiary/aromatic N) is 3. The average molecular weight is 319 g/mol. The van der Waals surface area contributed by atoms with Crippen molar-refractivity contribution >= 4 is 23.2 Å². The number of thioether (sulfide) groups is 1. The highest BCUT2D eigenvalue weighted by Crippen LogP contribution is 2.33. The lowest BCUT2D eigenvalue weighted by atomic mass is 10.1. The quantitative estimate of drug-likeness (QED) is 0.878. The molecule has 9 heteroatoms. The molecule has 0 aliphatic carbocycles. The molecule has 0 bridgehead atoms. The van der Waals surface area contributed by atoms with Crippen LogP contribution < -0.4 is 0 Å². The van der Waals surface area contributed by atoms with E-state index in [0.29, 0.717) is 0 Å². The van der Waals surface area contributed by atoms with Crippen LogP contribution >= 0.6 is 11.8 Å². The highest BCUT2D eigenvalue weighted by atomic mass is 32.2. The van der Waals surface area contributed by atoms with E-state index in [1.54, 1.807) is 13.8 Å². The summed E-state index contributed by atoms with van der Waals surface area (Å²) in [6.45, 7) is 3.45. The molecule has 114 valence electrons. The standard InChI is InChI=1S/C12H12F3N3O2S/c1-6(2)9(11(19)20)21-10-7-5-8(12(13,14)15)17-18(7)4-3-16-10/h3-6,9H,1-2H3,(H,19,20). The van der Waals surface area contributed by atoms with Gasteiger partial charge in [0.05, 0.1) is 5.52 Å². The lowest BCUT2D eigenvalue weighted by Gasteiger charge is -2.15. The number of carboxylic acids is 1. The molecule has 1 atom stereocenters. The lowest BCUT2D eigenvalue weighted by Crippen LogP contribution is -2.22. The van der Waals surface area contributed by atoms with Crippen molar-refractivity contribution in [2.45, 2.75) is 30.3 Å². The van der Waals surface area contributed by atoms with Crippen molar-refractivity contribution in [3.8, 4) is 0 Å². The predicted octanol–water partition coefficient (Wildman–Crippen LogP) is 2.95. The van der Waals surface area contributed by atoms with Crippen molar-refractivity contribution in [1.29, 1.82) is 0 Å². The smallest absolute Gasteiger partial charge is 0.435 e. The van der Waals surface area contributed by atoms with Crippen molar-refractivity contribution in [1.82, 2.24) is 14.6 Å². The number of aliphatic carboxylic acids is 1. The molecular formula is C12H12F3N3O2S. The molecule has 2 aromatic heterocycles. The first kappa shape index (κ1) is 15.6. The molecule has 1 N–H and O–H groups in total. The SMILES string of the molecule is CC(C)C(Sc1nccn2nc(C(F)(F)F)cc12)C(=O)O. The third-order valence-electron chi connectivity index (χ3n) is 2.73. The zero-order chi connectivity index (χ0) is 15.8. The van der Waals surface area contributed by atoms with Crippen LogP contribution in [0.15, 0.2) is 23.5 Å². The highest BCUT2D eigenvalue weighted by Gasteiger charge is 2.35. The molecule has 0 fully saturated rings. The van der Waals surface area contributed by atoms with Crippen molar-refractivity contribution < 1.29 is 23.1 Å². The van der Waals surface area contributed by atoms with Gasteiger partial charge in [-0.1, -0.05) is 25.6 Å². The first-order valence-corrected chi connectivity index (χ1v) is 6.89. The lowest BCUT2D eigenvalue weighted by molar-refractivity contribution is -0.141. The number of fused-ring (bicyclic) bond motifs is 1. The Hall–Kier alpha value is -1.77. The van der Waals surface area contributed by atoms with Crippen LogP contribution in [0.2, 0.25) is 0 Å². The van der Waals surface area contributed by atoms with E-state index in [1.165, 1.54) is 12.4 Å². The van der Waals surface area contributed by atoms with Gasteiger partial charge in [0, 0.05) is 12.4 Å². The number of carboxylic acid groups (broad SMARTS) is 1. The topological polar surface area (TPSA) is 67.5 Å². The molecular weight excluding hydrogens is 307 g/mol. The molecule has 1 unspecified atom stereocenters. The molecule has 0 saturated carbocycles. The summed E-state index contributed by atoms with van der Waals surface area (Å²) >= 11 is 0.920. The van der Waals surface area contributed by atoms with Crippen LogP contribution in [0.4, 0.5) is 13.2 Å². The van der Waals surface area contributed by atoms with Crippen molar-refractivity contribution in [3.63, 3.8) is 0 Å². The third-order valence-corrected chi connectivity index (χ3v) is 4.27. The molecule has 0 aromatic carbocycles. The molecule has 0 spiro atoms. The van der Waals surface area contributed by atoms with E-state index < -0.39 is 23.1 Å². The summed E-state index contributed by atoms with van der Waals surface area (Å²) in [5.41, 5.74) is -0.893. The van der Waals surface area contributed by atoms with Gasteiger partial charge in [-0.3, -0.25) is 4.79 Å². The second-order valence-electron chi connectivity index (χ2n) is 4.71. The summed E-state index contributed by atoms with van der Waals surface area (Å²) in [4.78, 5) is 15.2. The van der Waals surface area contributed by atoms with Gasteiger partial charge in [0.15, 0.2) is 5.69 Å². The minimum Gasteiger partial charge on any atom is -0.480 e. The largest absolute Gasteiger partial charge is 0.480 e. The van der Waals surface area contributed by atoms with Crippen LogP contribution in [-0.4, -0.2) is 30.9 Å². The number of rotatable bonds is 4. The van der Waals surface area contributed by atoms with Crippen molar-refractivity contribution in [2.75, 3.05) is 0 Å². The Bertz CT molecular complexity index is 669. The zero-order valence-electron chi connectivity index (χ0n) is 11.1. The Morgan fingerprint density at radius 3 is 2.62 bits per heavy atom. The molecule has 0 aliphatic rings. The van der Waals surface area contributed by atoms with Gasteiger partial charge in [-0.15, -0.1) is 0 Å². The monoisotopic (exact) mass is 319 g/mol. The second kappa shape index (κ2) is 5.55. The molecule has 0 amide bonds. The summed E-state index contributed by atoms with van der Waals surface area (Å²) in [6, 6.07) is 0.870. The van der Waals surface area contributed by atoms with Crippen molar-refractivity contribution in [2.24, 2.45) is 5.92 Å². The summed E-state index contributed by atoms with van der Waals surface area (Å²) < 4.78 is 39.1. The van der Waals surface area contributed by atoms with Crippen LogP contribution in [0.3, 0.4) is 0 Å². The van der Waals surface area contributed by atoms with Crippen molar-refractivity contribution in [3.05, 3.63) is 24.2 Å². The molecule has 2 aromatic rings. The van der Waals surface area contributed by atoms with E-state index >= 15 is 0 Å². The van der Waals surface area contributed by atoms with Crippen LogP contribution in [0.5, 0.6) is 0 Å². The fourth-order valence-electron chi connectivity index (χ4n) is 1.72. The molecule has 0 aliphatic heterocycles. The van der Waals surface area contributed by atoms with Crippen LogP contribution in [0, 0.1) is 5.92 Å². The van der Waals surface area contributed by atoms with E-state index in [4.69, 9.17) is 5.11 Å². The van der Waals surface area contributed by atoms with E-state index in [9.17, 15) is 18.0 Å². The zero-order valence-corrected chi connectivity index (χ0v) is 11.9. The fraction of sp³-hybridized carbons (Fsp3) is 0.417. The molecule has 0 saturated heterocycles. The maximum absolute atomic E-state index is 12.7. The molecule has 5 nitrogen and oxygen atoms in total. The summed E-state index contributed by atoms with van der Waals surface area (Å²) in [7, 11) is 0. The Balaban J connectivity index is 2.45. The first-order valence-electron chi connectivity index (χ1n) is 6.01. The number of aromatic nitrogens is 3. The molecule has 0 radical (unpaired) electrons. The number of carbonyl (C=O) groups is 1. The van der Waals surface area contributed by atoms with Gasteiger partial charge in [-0.2, -0.15) is 18.3 Å². The predicted molar refractivity (Wildman–Crippen MR) is 70.1 cm³/mol. The van der Waals surface area contributed by atoms with Gasteiger partial charge in [0.25, 0.3) is 0 Å². The molecule has 2 heterocycles. The fourth-order valence-corrected chi connectivity index (χ4v) is 2.73. The highest BCUT2D eigenvalue weighted by molar-refractivity contribution is 8.00. The Kier molecular flexibility index (Phi) is 4.13. The summed E-state index contributed by atoms with van der Waals surface area (Å²) in [5.74, 6) is -1.23. The number of alkyl halides is 3. The van der Waals surface area contributed by atoms with Gasteiger partial charge in [-0.25, -0.2) is 9.50 Å². The van der Waals surface area contributed by atoms with Gasteiger partial charge in [0.2, 0.25) is 0 Å². The average Bonchev–Trinajstić information content (AvgIpc) is 2.79. The third kappa shape index (κ3) is 3.29. The maximum atomic E-state index is 12.7. The minimum absolute atomic E-state index is 0.140. The van der Waals surface area contributed by atoms with Crippen LogP contribution in [0.1, 0.15) is 19.5 Å². The number of hydrogen-bond donors (Lipinski definition) is 1. The Morgan fingerprint density at radius 1 is 1.43 bits per heavy atom. The maximum Gasteiger partial charge on any atom is 0.435 e. The van der Waals surface area contributed by atoms with Gasteiger partial charge < -0.3 is 5.11 Å². The first-order chi connectivity index (χ1) is 9.70. The molecule has 21 heavy (non-hydrogen) atoms. The normalized spacial score (nSPS) is 13.8. The van der Waals surface area contributed by atoms with Gasteiger partial charge >= 0.3 is 12.1 Å². The number of halogens is 3. The number of hydrogen-bond acceptors (Lipinski definition) is 4. The van der Waals surface area contributed by atoms with Gasteiger partial charge in [0.1, 0.15) is 10.3 Å². The Morgan fingerprint density at radius 2 is 2.10 bits per heavy atom. The van der Waals surface area contributed by atoms with Crippen LogP contribution in [0.25, 0.3) is 5.52 Å². The van der Waals surface area contributed by atoms with Crippen LogP contribution in [-0.2, 0) is 11.0 Å². The summed E-state index contributed by atoms with van der Waals surface area (Å²) in [6.07, 6.45) is -1.97.